The van der Waals surface area contributed by atoms with Crippen LogP contribution in [0.4, 0.5) is 17.1 Å². The minimum absolute atomic E-state index is 0.959. The van der Waals surface area contributed by atoms with E-state index in [-0.39, 0.29) is 0 Å². The Morgan fingerprint density at radius 1 is 0.365 bits per heavy atom. The third-order valence-corrected chi connectivity index (χ3v) is 10.1. The summed E-state index contributed by atoms with van der Waals surface area (Å²) in [6, 6.07) is 71.5. The molecule has 0 bridgehead atoms. The first-order valence-corrected chi connectivity index (χ1v) is 17.7. The zero-order valence-corrected chi connectivity index (χ0v) is 28.4. The highest BCUT2D eigenvalue weighted by Crippen LogP contribution is 2.54. The van der Waals surface area contributed by atoms with Gasteiger partial charge in [0.2, 0.25) is 0 Å². The number of benzene rings is 7. The molecule has 7 aromatic carbocycles. The van der Waals surface area contributed by atoms with Crippen molar-refractivity contribution in [3.8, 4) is 61.7 Å². The van der Waals surface area contributed by atoms with E-state index in [9.17, 15) is 0 Å². The molecular formula is C49H33N3. The SMILES string of the molecule is c1ccc(-c2cc(-c3ccc(N4c5ccccc5-c5c(n(-c6ccccc6)c6ccccc56)-c5ccccc54)cc3)cc(-c3ccccc3)n2)cc1. The second-order valence-corrected chi connectivity index (χ2v) is 13.2. The molecule has 1 aliphatic rings. The normalized spacial score (nSPS) is 11.8. The predicted octanol–water partition coefficient (Wildman–Crippen LogP) is 13.1. The van der Waals surface area contributed by atoms with Gasteiger partial charge < -0.3 is 9.47 Å². The second kappa shape index (κ2) is 12.4. The zero-order chi connectivity index (χ0) is 34.4. The average molecular weight is 664 g/mol. The van der Waals surface area contributed by atoms with Crippen LogP contribution in [0, 0.1) is 0 Å². The van der Waals surface area contributed by atoms with Gasteiger partial charge in [-0.1, -0.05) is 146 Å². The Labute approximate surface area is 303 Å². The van der Waals surface area contributed by atoms with Crippen LogP contribution < -0.4 is 4.90 Å². The summed E-state index contributed by atoms with van der Waals surface area (Å²) in [5.41, 5.74) is 17.0. The third kappa shape index (κ3) is 4.94. The van der Waals surface area contributed by atoms with Crippen LogP contribution in [0.2, 0.25) is 0 Å². The summed E-state index contributed by atoms with van der Waals surface area (Å²) in [6.07, 6.45) is 0. The molecule has 9 aromatic rings. The second-order valence-electron chi connectivity index (χ2n) is 13.2. The van der Waals surface area contributed by atoms with Gasteiger partial charge in [0.1, 0.15) is 0 Å². The zero-order valence-electron chi connectivity index (χ0n) is 28.4. The molecule has 0 amide bonds. The summed E-state index contributed by atoms with van der Waals surface area (Å²) < 4.78 is 2.44. The smallest absolute Gasteiger partial charge is 0.0715 e. The largest absolute Gasteiger partial charge is 0.309 e. The molecular weight excluding hydrogens is 631 g/mol. The van der Waals surface area contributed by atoms with Crippen molar-refractivity contribution in [1.82, 2.24) is 9.55 Å². The minimum Gasteiger partial charge on any atom is -0.309 e. The van der Waals surface area contributed by atoms with Crippen molar-refractivity contribution in [1.29, 1.82) is 0 Å². The summed E-state index contributed by atoms with van der Waals surface area (Å²) in [5, 5.41) is 1.24. The van der Waals surface area contributed by atoms with Crippen LogP contribution in [-0.2, 0) is 0 Å². The molecule has 0 fully saturated rings. The fourth-order valence-corrected chi connectivity index (χ4v) is 7.78. The first-order chi connectivity index (χ1) is 25.8. The maximum absolute atomic E-state index is 5.11. The Kier molecular flexibility index (Phi) is 7.14. The van der Waals surface area contributed by atoms with Crippen LogP contribution in [0.3, 0.4) is 0 Å². The van der Waals surface area contributed by atoms with Gasteiger partial charge >= 0.3 is 0 Å². The van der Waals surface area contributed by atoms with E-state index in [2.05, 4.69) is 198 Å². The number of aromatic nitrogens is 2. The number of pyridine rings is 1. The summed E-state index contributed by atoms with van der Waals surface area (Å²) >= 11 is 0. The fraction of sp³-hybridized carbons (Fsp3) is 0. The van der Waals surface area contributed by atoms with Gasteiger partial charge in [0, 0.05) is 44.6 Å². The van der Waals surface area contributed by atoms with E-state index < -0.39 is 0 Å². The van der Waals surface area contributed by atoms with Gasteiger partial charge in [0.25, 0.3) is 0 Å². The molecule has 0 unspecified atom stereocenters. The van der Waals surface area contributed by atoms with E-state index in [1.807, 2.05) is 12.1 Å². The Morgan fingerprint density at radius 3 is 1.54 bits per heavy atom. The number of anilines is 3. The van der Waals surface area contributed by atoms with Crippen molar-refractivity contribution in [2.45, 2.75) is 0 Å². The molecule has 244 valence electrons. The molecule has 0 radical (unpaired) electrons. The highest BCUT2D eigenvalue weighted by Gasteiger charge is 2.31. The summed E-state index contributed by atoms with van der Waals surface area (Å²) in [7, 11) is 0. The lowest BCUT2D eigenvalue weighted by Gasteiger charge is -2.27. The van der Waals surface area contributed by atoms with Crippen molar-refractivity contribution in [2.24, 2.45) is 0 Å². The van der Waals surface area contributed by atoms with E-state index in [4.69, 9.17) is 4.98 Å². The van der Waals surface area contributed by atoms with Crippen molar-refractivity contribution in [3.05, 3.63) is 200 Å². The van der Waals surface area contributed by atoms with Gasteiger partial charge in [0.05, 0.1) is 34.0 Å². The molecule has 3 heterocycles. The van der Waals surface area contributed by atoms with Crippen molar-refractivity contribution in [2.75, 3.05) is 4.90 Å². The van der Waals surface area contributed by atoms with E-state index in [0.29, 0.717) is 0 Å². The number of fused-ring (bicyclic) bond motifs is 7. The van der Waals surface area contributed by atoms with Gasteiger partial charge in [0.15, 0.2) is 0 Å². The molecule has 3 nitrogen and oxygen atoms in total. The molecule has 0 aliphatic carbocycles. The van der Waals surface area contributed by atoms with E-state index >= 15 is 0 Å². The van der Waals surface area contributed by atoms with Gasteiger partial charge in [-0.15, -0.1) is 0 Å². The molecule has 2 aromatic heterocycles. The van der Waals surface area contributed by atoms with Crippen LogP contribution in [0.15, 0.2) is 200 Å². The summed E-state index contributed by atoms with van der Waals surface area (Å²) in [6.45, 7) is 0. The Bertz CT molecular complexity index is 2650. The standard InChI is InChI=1S/C49H33N3/c1-4-16-35(17-5-1)43-32-37(33-44(50-43)36-18-6-2-7-19-36)34-28-30-39(31-29-34)51-45-25-13-10-22-40(45)48-41-23-11-14-26-46(41)52(38-20-8-3-9-21-38)49(48)42-24-12-15-27-47(42)51/h1-33H. The van der Waals surface area contributed by atoms with Crippen molar-refractivity contribution >= 4 is 28.0 Å². The van der Waals surface area contributed by atoms with Crippen molar-refractivity contribution < 1.29 is 0 Å². The van der Waals surface area contributed by atoms with E-state index in [1.165, 1.54) is 33.3 Å². The summed E-state index contributed by atoms with van der Waals surface area (Å²) in [4.78, 5) is 7.53. The van der Waals surface area contributed by atoms with Crippen molar-refractivity contribution in [3.63, 3.8) is 0 Å². The maximum atomic E-state index is 5.11. The Hall–Kier alpha value is -6.97. The maximum Gasteiger partial charge on any atom is 0.0715 e. The first kappa shape index (κ1) is 29.9. The monoisotopic (exact) mass is 663 g/mol. The molecule has 1 aliphatic heterocycles. The lowest BCUT2D eigenvalue weighted by Crippen LogP contribution is -2.11. The van der Waals surface area contributed by atoms with Crippen LogP contribution in [-0.4, -0.2) is 9.55 Å². The number of rotatable bonds is 5. The van der Waals surface area contributed by atoms with E-state index in [1.54, 1.807) is 0 Å². The predicted molar refractivity (Wildman–Crippen MR) is 216 cm³/mol. The lowest BCUT2D eigenvalue weighted by atomic mass is 9.98. The van der Waals surface area contributed by atoms with Gasteiger partial charge in [-0.25, -0.2) is 4.98 Å². The van der Waals surface area contributed by atoms with Gasteiger partial charge in [-0.2, -0.15) is 0 Å². The highest BCUT2D eigenvalue weighted by molar-refractivity contribution is 6.13. The molecule has 0 spiro atoms. The first-order valence-electron chi connectivity index (χ1n) is 17.7. The van der Waals surface area contributed by atoms with Crippen LogP contribution >= 0.6 is 0 Å². The van der Waals surface area contributed by atoms with Gasteiger partial charge in [-0.05, 0) is 65.7 Å². The number of para-hydroxylation sites is 4. The number of nitrogens with zero attached hydrogens (tertiary/aromatic N) is 3. The molecule has 0 saturated carbocycles. The molecule has 52 heavy (non-hydrogen) atoms. The topological polar surface area (TPSA) is 21.1 Å². The third-order valence-electron chi connectivity index (χ3n) is 10.1. The molecule has 0 N–H and O–H groups in total. The van der Waals surface area contributed by atoms with Crippen LogP contribution in [0.5, 0.6) is 0 Å². The van der Waals surface area contributed by atoms with Crippen LogP contribution in [0.25, 0.3) is 72.6 Å². The van der Waals surface area contributed by atoms with Crippen LogP contribution in [0.1, 0.15) is 0 Å². The lowest BCUT2D eigenvalue weighted by molar-refractivity contribution is 1.13. The average Bonchev–Trinajstić information content (AvgIpc) is 3.51. The fourth-order valence-electron chi connectivity index (χ4n) is 7.78. The number of hydrogen-bond acceptors (Lipinski definition) is 2. The van der Waals surface area contributed by atoms with E-state index in [0.717, 1.165) is 56.4 Å². The summed E-state index contributed by atoms with van der Waals surface area (Å²) in [5.74, 6) is 0. The van der Waals surface area contributed by atoms with Gasteiger partial charge in [-0.3, -0.25) is 0 Å². The molecule has 0 atom stereocenters. The highest BCUT2D eigenvalue weighted by atomic mass is 15.2. The molecule has 10 rings (SSSR count). The molecule has 0 saturated heterocycles. The Balaban J connectivity index is 1.16. The quantitative estimate of drug-likeness (QED) is 0.183. The number of hydrogen-bond donors (Lipinski definition) is 0. The molecule has 3 heteroatoms. The Morgan fingerprint density at radius 2 is 0.885 bits per heavy atom. The minimum atomic E-state index is 0.959.